The smallest absolute Gasteiger partial charge is 0.172 e. The maximum atomic E-state index is 5.77. The molecule has 2 rings (SSSR count). The lowest BCUT2D eigenvalue weighted by atomic mass is 10.1. The second-order valence-electron chi connectivity index (χ2n) is 4.25. The van der Waals surface area contributed by atoms with Crippen LogP contribution in [0.3, 0.4) is 0 Å². The van der Waals surface area contributed by atoms with Gasteiger partial charge < -0.3 is 10.3 Å². The van der Waals surface area contributed by atoms with Crippen molar-refractivity contribution in [3.8, 4) is 0 Å². The lowest BCUT2D eigenvalue weighted by Crippen LogP contribution is -2.17. The predicted octanol–water partition coefficient (Wildman–Crippen LogP) is 2.46. The maximum absolute atomic E-state index is 5.77. The third-order valence-corrected chi connectivity index (χ3v) is 3.55. The molecule has 90 valence electrons. The van der Waals surface area contributed by atoms with Gasteiger partial charge in [-0.2, -0.15) is 0 Å². The van der Waals surface area contributed by atoms with Crippen molar-refractivity contribution < 1.29 is 0 Å². The first-order valence-electron chi connectivity index (χ1n) is 5.65. The molecule has 0 aliphatic heterocycles. The summed E-state index contributed by atoms with van der Waals surface area (Å²) in [7, 11) is 2.00. The summed E-state index contributed by atoms with van der Waals surface area (Å²) in [5.74, 6) is 0. The van der Waals surface area contributed by atoms with Crippen LogP contribution in [-0.2, 0) is 13.5 Å². The zero-order chi connectivity index (χ0) is 12.3. The molecule has 0 aliphatic rings. The van der Waals surface area contributed by atoms with Crippen molar-refractivity contribution in [1.82, 2.24) is 9.55 Å². The standard InChI is InChI=1S/C13H17N3S/c1-10(14)9-11-3-5-12(6-4-11)17-13-15-7-8-16(13)2/h3-8,10H,9,14H2,1-2H3. The topological polar surface area (TPSA) is 43.8 Å². The second-order valence-corrected chi connectivity index (χ2v) is 5.29. The Morgan fingerprint density at radius 2 is 2.06 bits per heavy atom. The highest BCUT2D eigenvalue weighted by Crippen LogP contribution is 2.25. The third-order valence-electron chi connectivity index (χ3n) is 2.47. The van der Waals surface area contributed by atoms with Crippen molar-refractivity contribution in [2.45, 2.75) is 29.4 Å². The van der Waals surface area contributed by atoms with Gasteiger partial charge in [0.1, 0.15) is 0 Å². The van der Waals surface area contributed by atoms with Crippen molar-refractivity contribution in [1.29, 1.82) is 0 Å². The molecule has 2 aromatic rings. The van der Waals surface area contributed by atoms with E-state index in [-0.39, 0.29) is 6.04 Å². The Kier molecular flexibility index (Phi) is 3.86. The van der Waals surface area contributed by atoms with Gasteiger partial charge in [0.25, 0.3) is 0 Å². The highest BCUT2D eigenvalue weighted by molar-refractivity contribution is 7.99. The van der Waals surface area contributed by atoms with E-state index in [0.717, 1.165) is 11.6 Å². The lowest BCUT2D eigenvalue weighted by Gasteiger charge is -2.06. The first-order chi connectivity index (χ1) is 8.15. The minimum atomic E-state index is 0.211. The van der Waals surface area contributed by atoms with Gasteiger partial charge >= 0.3 is 0 Å². The molecule has 0 fully saturated rings. The molecule has 0 radical (unpaired) electrons. The minimum absolute atomic E-state index is 0.211. The van der Waals surface area contributed by atoms with E-state index in [4.69, 9.17) is 5.73 Å². The summed E-state index contributed by atoms with van der Waals surface area (Å²) < 4.78 is 2.01. The number of aromatic nitrogens is 2. The van der Waals surface area contributed by atoms with Gasteiger partial charge in [0.2, 0.25) is 0 Å². The van der Waals surface area contributed by atoms with Crippen LogP contribution in [0.15, 0.2) is 46.7 Å². The SMILES string of the molecule is CC(N)Cc1ccc(Sc2nccn2C)cc1. The molecule has 1 aromatic heterocycles. The van der Waals surface area contributed by atoms with Crippen molar-refractivity contribution in [2.75, 3.05) is 0 Å². The molecule has 0 amide bonds. The molecule has 17 heavy (non-hydrogen) atoms. The van der Waals surface area contributed by atoms with Crippen molar-refractivity contribution >= 4 is 11.8 Å². The molecule has 0 saturated carbocycles. The molecular weight excluding hydrogens is 230 g/mol. The van der Waals surface area contributed by atoms with E-state index in [2.05, 4.69) is 29.2 Å². The first kappa shape index (κ1) is 12.2. The molecule has 3 nitrogen and oxygen atoms in total. The molecule has 0 aliphatic carbocycles. The van der Waals surface area contributed by atoms with Crippen LogP contribution in [0.5, 0.6) is 0 Å². The fraction of sp³-hybridized carbons (Fsp3) is 0.308. The number of nitrogens with zero attached hydrogens (tertiary/aromatic N) is 2. The number of aryl methyl sites for hydroxylation is 1. The third kappa shape index (κ3) is 3.35. The predicted molar refractivity (Wildman–Crippen MR) is 71.1 cm³/mol. The van der Waals surface area contributed by atoms with E-state index in [9.17, 15) is 0 Å². The van der Waals surface area contributed by atoms with E-state index in [1.165, 1.54) is 10.5 Å². The summed E-state index contributed by atoms with van der Waals surface area (Å²) in [6.07, 6.45) is 4.69. The fourth-order valence-electron chi connectivity index (χ4n) is 1.62. The van der Waals surface area contributed by atoms with Crippen LogP contribution in [0.1, 0.15) is 12.5 Å². The molecule has 1 atom stereocenters. The van der Waals surface area contributed by atoms with Crippen LogP contribution >= 0.6 is 11.8 Å². The van der Waals surface area contributed by atoms with Crippen LogP contribution in [0.25, 0.3) is 0 Å². The molecule has 1 heterocycles. The van der Waals surface area contributed by atoms with Gasteiger partial charge in [0, 0.05) is 30.4 Å². The summed E-state index contributed by atoms with van der Waals surface area (Å²) in [5.41, 5.74) is 7.06. The normalized spacial score (nSPS) is 12.6. The number of benzene rings is 1. The average molecular weight is 247 g/mol. The summed E-state index contributed by atoms with van der Waals surface area (Å²) in [4.78, 5) is 5.49. The van der Waals surface area contributed by atoms with Gasteiger partial charge in [-0.15, -0.1) is 0 Å². The van der Waals surface area contributed by atoms with Crippen molar-refractivity contribution in [3.05, 3.63) is 42.2 Å². The second kappa shape index (κ2) is 5.38. The van der Waals surface area contributed by atoms with Gasteiger partial charge in [-0.25, -0.2) is 4.98 Å². The van der Waals surface area contributed by atoms with E-state index in [1.807, 2.05) is 30.9 Å². The van der Waals surface area contributed by atoms with Gasteiger partial charge in [-0.1, -0.05) is 23.9 Å². The molecule has 1 aromatic carbocycles. The molecule has 2 N–H and O–H groups in total. The average Bonchev–Trinajstić information content (AvgIpc) is 2.67. The number of imidazole rings is 1. The van der Waals surface area contributed by atoms with Crippen LogP contribution in [0.2, 0.25) is 0 Å². The minimum Gasteiger partial charge on any atom is -0.329 e. The Morgan fingerprint density at radius 3 is 2.59 bits per heavy atom. The number of hydrogen-bond acceptors (Lipinski definition) is 3. The Balaban J connectivity index is 2.06. The van der Waals surface area contributed by atoms with Crippen LogP contribution in [0, 0.1) is 0 Å². The molecule has 0 bridgehead atoms. The first-order valence-corrected chi connectivity index (χ1v) is 6.46. The van der Waals surface area contributed by atoms with Crippen LogP contribution < -0.4 is 5.73 Å². The van der Waals surface area contributed by atoms with Crippen molar-refractivity contribution in [3.63, 3.8) is 0 Å². The largest absolute Gasteiger partial charge is 0.329 e. The van der Waals surface area contributed by atoms with Gasteiger partial charge in [-0.3, -0.25) is 0 Å². The fourth-order valence-corrected chi connectivity index (χ4v) is 2.42. The zero-order valence-electron chi connectivity index (χ0n) is 10.1. The Bertz CT molecular complexity index is 474. The van der Waals surface area contributed by atoms with Gasteiger partial charge in [-0.05, 0) is 31.0 Å². The summed E-state index contributed by atoms with van der Waals surface area (Å²) >= 11 is 1.67. The van der Waals surface area contributed by atoms with Crippen LogP contribution in [0.4, 0.5) is 0 Å². The van der Waals surface area contributed by atoms with E-state index in [0.29, 0.717) is 0 Å². The molecular formula is C13H17N3S. The maximum Gasteiger partial charge on any atom is 0.172 e. The van der Waals surface area contributed by atoms with Crippen LogP contribution in [-0.4, -0.2) is 15.6 Å². The highest BCUT2D eigenvalue weighted by atomic mass is 32.2. The van der Waals surface area contributed by atoms with E-state index >= 15 is 0 Å². The zero-order valence-corrected chi connectivity index (χ0v) is 10.9. The monoisotopic (exact) mass is 247 g/mol. The molecule has 0 spiro atoms. The van der Waals surface area contributed by atoms with Gasteiger partial charge in [0.05, 0.1) is 0 Å². The molecule has 0 saturated heterocycles. The Labute approximate surface area is 106 Å². The highest BCUT2D eigenvalue weighted by Gasteiger charge is 2.03. The summed E-state index contributed by atoms with van der Waals surface area (Å²) in [6.45, 7) is 2.02. The quantitative estimate of drug-likeness (QED) is 0.902. The van der Waals surface area contributed by atoms with Crippen molar-refractivity contribution in [2.24, 2.45) is 12.8 Å². The molecule has 4 heteroatoms. The lowest BCUT2D eigenvalue weighted by molar-refractivity contribution is 0.737. The van der Waals surface area contributed by atoms with Gasteiger partial charge in [0.15, 0.2) is 5.16 Å². The number of nitrogens with two attached hydrogens (primary N) is 1. The van der Waals surface area contributed by atoms with E-state index < -0.39 is 0 Å². The van der Waals surface area contributed by atoms with E-state index in [1.54, 1.807) is 11.8 Å². The number of hydrogen-bond donors (Lipinski definition) is 1. The summed E-state index contributed by atoms with van der Waals surface area (Å²) in [5, 5.41) is 1.00. The Hall–Kier alpha value is -1.26. The summed E-state index contributed by atoms with van der Waals surface area (Å²) in [6, 6.07) is 8.72. The Morgan fingerprint density at radius 1 is 1.35 bits per heavy atom. The number of rotatable bonds is 4. The molecule has 1 unspecified atom stereocenters.